The minimum atomic E-state index is 0.155. The zero-order chi connectivity index (χ0) is 15.7. The highest BCUT2D eigenvalue weighted by Gasteiger charge is 2.09. The molecule has 1 aromatic rings. The van der Waals surface area contributed by atoms with Gasteiger partial charge >= 0.3 is 0 Å². The molecule has 0 saturated carbocycles. The molecule has 2 N–H and O–H groups in total. The Kier molecular flexibility index (Phi) is 7.54. The Balaban J connectivity index is 2.40. The average molecular weight is 290 g/mol. The van der Waals surface area contributed by atoms with Gasteiger partial charge in [-0.2, -0.15) is 0 Å². The van der Waals surface area contributed by atoms with Crippen LogP contribution >= 0.6 is 0 Å². The third-order valence-corrected chi connectivity index (χ3v) is 3.19. The molecule has 0 aromatic heterocycles. The maximum Gasteiger partial charge on any atom is 0.222 e. The smallest absolute Gasteiger partial charge is 0.222 e. The Morgan fingerprint density at radius 3 is 2.67 bits per heavy atom. The molecule has 0 fully saturated rings. The van der Waals surface area contributed by atoms with Gasteiger partial charge in [0, 0.05) is 26.1 Å². The Morgan fingerprint density at radius 2 is 2.10 bits per heavy atom. The summed E-state index contributed by atoms with van der Waals surface area (Å²) >= 11 is 0. The summed E-state index contributed by atoms with van der Waals surface area (Å²) in [4.78, 5) is 13.7. The van der Waals surface area contributed by atoms with Crippen LogP contribution in [0.5, 0.6) is 5.75 Å². The minimum Gasteiger partial charge on any atom is -0.490 e. The van der Waals surface area contributed by atoms with Crippen molar-refractivity contribution in [1.29, 1.82) is 0 Å². The highest BCUT2D eigenvalue weighted by atomic mass is 16.5. The number of nitrogens with zero attached hydrogens (tertiary/aromatic N) is 1. The molecule has 0 aliphatic rings. The van der Waals surface area contributed by atoms with E-state index in [1.807, 2.05) is 38.2 Å². The highest BCUT2D eigenvalue weighted by Crippen LogP contribution is 2.14. The van der Waals surface area contributed by atoms with Crippen molar-refractivity contribution in [2.75, 3.05) is 13.7 Å². The van der Waals surface area contributed by atoms with Crippen molar-refractivity contribution in [3.8, 4) is 5.75 Å². The molecule has 4 nitrogen and oxygen atoms in total. The van der Waals surface area contributed by atoms with E-state index >= 15 is 0 Å². The fourth-order valence-corrected chi connectivity index (χ4v) is 1.97. The first-order valence-electron chi connectivity index (χ1n) is 7.35. The summed E-state index contributed by atoms with van der Waals surface area (Å²) in [6.07, 6.45) is 3.99. The van der Waals surface area contributed by atoms with Gasteiger partial charge in [-0.05, 0) is 37.5 Å². The molecule has 1 aromatic carbocycles. The monoisotopic (exact) mass is 290 g/mol. The molecule has 0 aliphatic heterocycles. The van der Waals surface area contributed by atoms with Crippen molar-refractivity contribution in [1.82, 2.24) is 4.90 Å². The van der Waals surface area contributed by atoms with Crippen molar-refractivity contribution in [3.63, 3.8) is 0 Å². The van der Waals surface area contributed by atoms with Gasteiger partial charge in [0.05, 0.1) is 0 Å². The molecule has 21 heavy (non-hydrogen) atoms. The van der Waals surface area contributed by atoms with Crippen LogP contribution in [0.4, 0.5) is 0 Å². The van der Waals surface area contributed by atoms with Crippen molar-refractivity contribution in [2.24, 2.45) is 5.73 Å². The van der Waals surface area contributed by atoms with Crippen molar-refractivity contribution >= 4 is 5.91 Å². The first-order chi connectivity index (χ1) is 10.0. The second-order valence-corrected chi connectivity index (χ2v) is 5.36. The number of nitrogens with two attached hydrogens (primary N) is 1. The fraction of sp³-hybridized carbons (Fsp3) is 0.471. The summed E-state index contributed by atoms with van der Waals surface area (Å²) < 4.78 is 5.43. The molecule has 116 valence electrons. The van der Waals surface area contributed by atoms with Crippen LogP contribution in [0.1, 0.15) is 31.7 Å². The van der Waals surface area contributed by atoms with E-state index in [2.05, 4.69) is 6.58 Å². The van der Waals surface area contributed by atoms with Gasteiger partial charge in [-0.1, -0.05) is 24.8 Å². The number of carbonyl (C=O) groups excluding carboxylic acids is 1. The Labute approximate surface area is 127 Å². The number of amides is 1. The maximum atomic E-state index is 12.0. The van der Waals surface area contributed by atoms with Crippen molar-refractivity contribution in [3.05, 3.63) is 42.5 Å². The van der Waals surface area contributed by atoms with E-state index in [1.54, 1.807) is 11.0 Å². The van der Waals surface area contributed by atoms with Crippen LogP contribution < -0.4 is 10.5 Å². The predicted molar refractivity (Wildman–Crippen MR) is 86.1 cm³/mol. The zero-order valence-electron chi connectivity index (χ0n) is 13.0. The molecule has 0 radical (unpaired) electrons. The molecule has 0 spiro atoms. The molecular weight excluding hydrogens is 264 g/mol. The molecule has 0 heterocycles. The Hall–Kier alpha value is -1.81. The second-order valence-electron chi connectivity index (χ2n) is 5.36. The first-order valence-corrected chi connectivity index (χ1v) is 7.35. The molecule has 1 rings (SSSR count). The SMILES string of the molecule is C=CCOc1ccc(CN(C)C(=O)CCCC(C)N)cc1. The lowest BCUT2D eigenvalue weighted by atomic mass is 10.1. The van der Waals surface area contributed by atoms with Gasteiger partial charge in [0.15, 0.2) is 0 Å². The van der Waals surface area contributed by atoms with Crippen LogP contribution in [0.25, 0.3) is 0 Å². The third-order valence-electron chi connectivity index (χ3n) is 3.19. The van der Waals surface area contributed by atoms with Crippen LogP contribution in [0.2, 0.25) is 0 Å². The van der Waals surface area contributed by atoms with Crippen LogP contribution in [0, 0.1) is 0 Å². The lowest BCUT2D eigenvalue weighted by Crippen LogP contribution is -2.26. The van der Waals surface area contributed by atoms with E-state index < -0.39 is 0 Å². The number of carbonyl (C=O) groups is 1. The summed E-state index contributed by atoms with van der Waals surface area (Å²) in [6, 6.07) is 7.93. The van der Waals surface area contributed by atoms with E-state index in [0.717, 1.165) is 24.2 Å². The molecule has 1 amide bonds. The van der Waals surface area contributed by atoms with Gasteiger partial charge < -0.3 is 15.4 Å². The summed E-state index contributed by atoms with van der Waals surface area (Å²) in [6.45, 7) is 6.68. The molecule has 0 bridgehead atoms. The van der Waals surface area contributed by atoms with E-state index in [4.69, 9.17) is 10.5 Å². The number of hydrogen-bond donors (Lipinski definition) is 1. The quantitative estimate of drug-likeness (QED) is 0.711. The largest absolute Gasteiger partial charge is 0.490 e. The fourth-order valence-electron chi connectivity index (χ4n) is 1.97. The van der Waals surface area contributed by atoms with Crippen LogP contribution in [0.3, 0.4) is 0 Å². The maximum absolute atomic E-state index is 12.0. The highest BCUT2D eigenvalue weighted by molar-refractivity contribution is 5.75. The topological polar surface area (TPSA) is 55.6 Å². The third kappa shape index (κ3) is 6.95. The van der Waals surface area contributed by atoms with Crippen LogP contribution in [-0.4, -0.2) is 30.5 Å². The lowest BCUT2D eigenvalue weighted by molar-refractivity contribution is -0.130. The minimum absolute atomic E-state index is 0.155. The standard InChI is InChI=1S/C17H26N2O2/c1-4-12-21-16-10-8-15(9-11-16)13-19(3)17(20)7-5-6-14(2)18/h4,8-11,14H,1,5-7,12-13,18H2,2-3H3. The Morgan fingerprint density at radius 1 is 1.43 bits per heavy atom. The van der Waals surface area contributed by atoms with Gasteiger partial charge in [-0.3, -0.25) is 4.79 Å². The summed E-state index contributed by atoms with van der Waals surface area (Å²) in [5.74, 6) is 0.965. The number of rotatable bonds is 9. The van der Waals surface area contributed by atoms with Crippen molar-refractivity contribution in [2.45, 2.75) is 38.8 Å². The predicted octanol–water partition coefficient (Wildman–Crippen LogP) is 2.73. The van der Waals surface area contributed by atoms with Gasteiger partial charge in [0.25, 0.3) is 0 Å². The van der Waals surface area contributed by atoms with Gasteiger partial charge in [0.1, 0.15) is 12.4 Å². The Bertz CT molecular complexity index is 441. The van der Waals surface area contributed by atoms with Gasteiger partial charge in [-0.15, -0.1) is 0 Å². The molecule has 0 saturated heterocycles. The molecule has 1 unspecified atom stereocenters. The normalized spacial score (nSPS) is 11.8. The lowest BCUT2D eigenvalue weighted by Gasteiger charge is -2.18. The van der Waals surface area contributed by atoms with Gasteiger partial charge in [0.2, 0.25) is 5.91 Å². The molecule has 1 atom stereocenters. The number of benzene rings is 1. The van der Waals surface area contributed by atoms with Crippen LogP contribution in [-0.2, 0) is 11.3 Å². The molecule has 4 heteroatoms. The van der Waals surface area contributed by atoms with Crippen molar-refractivity contribution < 1.29 is 9.53 Å². The average Bonchev–Trinajstić information content (AvgIpc) is 2.46. The summed E-state index contributed by atoms with van der Waals surface area (Å²) in [7, 11) is 1.83. The van der Waals surface area contributed by atoms with Crippen LogP contribution in [0.15, 0.2) is 36.9 Å². The molecule has 0 aliphatic carbocycles. The zero-order valence-corrected chi connectivity index (χ0v) is 13.0. The van der Waals surface area contributed by atoms with E-state index in [0.29, 0.717) is 19.6 Å². The van der Waals surface area contributed by atoms with E-state index in [-0.39, 0.29) is 11.9 Å². The summed E-state index contributed by atoms with van der Waals surface area (Å²) in [5.41, 5.74) is 6.77. The van der Waals surface area contributed by atoms with Gasteiger partial charge in [-0.25, -0.2) is 0 Å². The number of ether oxygens (including phenoxy) is 1. The molecular formula is C17H26N2O2. The number of hydrogen-bond acceptors (Lipinski definition) is 3. The van der Waals surface area contributed by atoms with E-state index in [9.17, 15) is 4.79 Å². The van der Waals surface area contributed by atoms with E-state index in [1.165, 1.54) is 0 Å². The second kappa shape index (κ2) is 9.19. The summed E-state index contributed by atoms with van der Waals surface area (Å²) in [5, 5.41) is 0. The first kappa shape index (κ1) is 17.2.